The number of nitrogens with two attached hydrogens (primary N) is 2. The van der Waals surface area contributed by atoms with Crippen LogP contribution in [0.2, 0.25) is 0 Å². The Kier molecular flexibility index (Phi) is 7.58. The number of hydrogen-bond donors (Lipinski definition) is 4. The molecule has 0 aliphatic carbocycles. The van der Waals surface area contributed by atoms with Crippen molar-refractivity contribution in [3.05, 3.63) is 76.4 Å². The predicted molar refractivity (Wildman–Crippen MR) is 149 cm³/mol. The van der Waals surface area contributed by atoms with Gasteiger partial charge in [-0.15, -0.1) is 0 Å². The first-order chi connectivity index (χ1) is 19.2. The molecule has 13 nitrogen and oxygen atoms in total. The number of morpholine rings is 1. The summed E-state index contributed by atoms with van der Waals surface area (Å²) in [7, 11) is 0. The Bertz CT molecular complexity index is 1600. The lowest BCUT2D eigenvalue weighted by Gasteiger charge is -2.26. The van der Waals surface area contributed by atoms with Crippen LogP contribution in [-0.4, -0.2) is 78.0 Å². The van der Waals surface area contributed by atoms with E-state index in [9.17, 15) is 9.90 Å². The summed E-state index contributed by atoms with van der Waals surface area (Å²) in [5.74, 6) is -1.33. The molecule has 1 fully saturated rings. The average molecular weight is 545 g/mol. The number of primary amides is 1. The number of benzene rings is 1. The summed E-state index contributed by atoms with van der Waals surface area (Å²) in [6.45, 7) is 8.14. The Morgan fingerprint density at radius 1 is 1.15 bits per heavy atom. The number of aromatic hydroxyl groups is 1. The van der Waals surface area contributed by atoms with Gasteiger partial charge in [-0.1, -0.05) is 24.3 Å². The molecule has 40 heavy (non-hydrogen) atoms. The molecule has 1 amide bonds. The Labute approximate surface area is 230 Å². The SMILES string of the molecule is Cc1cn2c(C(N)=O)nc(/C(N)=N/C(=N)c3c(O)c(C)nn3CCc3ccc(CN4CCOCC4)cc3)c2cn1. The molecule has 6 N–H and O–H groups in total. The van der Waals surface area contributed by atoms with Gasteiger partial charge < -0.3 is 21.3 Å². The Morgan fingerprint density at radius 2 is 1.85 bits per heavy atom. The molecule has 1 aliphatic heterocycles. The largest absolute Gasteiger partial charge is 0.504 e. The summed E-state index contributed by atoms with van der Waals surface area (Å²) < 4.78 is 8.46. The molecular weight excluding hydrogens is 512 g/mol. The fraction of sp³-hybridized carbons (Fsp3) is 0.333. The maximum atomic E-state index is 11.9. The zero-order valence-electron chi connectivity index (χ0n) is 22.5. The second kappa shape index (κ2) is 11.2. The van der Waals surface area contributed by atoms with E-state index in [0.29, 0.717) is 29.9 Å². The van der Waals surface area contributed by atoms with Gasteiger partial charge in [0, 0.05) is 32.4 Å². The van der Waals surface area contributed by atoms with E-state index >= 15 is 0 Å². The first kappa shape index (κ1) is 27.0. The molecule has 3 aromatic heterocycles. The molecule has 0 unspecified atom stereocenters. The molecule has 0 spiro atoms. The highest BCUT2D eigenvalue weighted by molar-refractivity contribution is 6.12. The van der Waals surface area contributed by atoms with Crippen molar-refractivity contribution in [2.24, 2.45) is 16.5 Å². The third-order valence-corrected chi connectivity index (χ3v) is 6.81. The summed E-state index contributed by atoms with van der Waals surface area (Å²) in [6.07, 6.45) is 3.76. The molecule has 0 atom stereocenters. The van der Waals surface area contributed by atoms with Gasteiger partial charge in [0.05, 0.1) is 30.6 Å². The van der Waals surface area contributed by atoms with Gasteiger partial charge in [0.2, 0.25) is 5.82 Å². The van der Waals surface area contributed by atoms with E-state index < -0.39 is 5.91 Å². The molecule has 4 heterocycles. The van der Waals surface area contributed by atoms with E-state index in [1.54, 1.807) is 24.7 Å². The topological polar surface area (TPSA) is 186 Å². The van der Waals surface area contributed by atoms with Gasteiger partial charge in [-0.3, -0.25) is 29.2 Å². The molecule has 0 radical (unpaired) electrons. The van der Waals surface area contributed by atoms with Crippen molar-refractivity contribution < 1.29 is 14.6 Å². The summed E-state index contributed by atoms with van der Waals surface area (Å²) >= 11 is 0. The van der Waals surface area contributed by atoms with Gasteiger partial charge in [-0.05, 0) is 31.4 Å². The minimum Gasteiger partial charge on any atom is -0.504 e. The van der Waals surface area contributed by atoms with Gasteiger partial charge in [0.1, 0.15) is 17.1 Å². The van der Waals surface area contributed by atoms with Crippen molar-refractivity contribution in [3.8, 4) is 5.75 Å². The number of carbonyl (C=O) groups is 1. The maximum absolute atomic E-state index is 11.9. The number of ether oxygens (including phenoxy) is 1. The fourth-order valence-corrected chi connectivity index (χ4v) is 4.70. The molecule has 0 bridgehead atoms. The van der Waals surface area contributed by atoms with E-state index in [4.69, 9.17) is 21.6 Å². The monoisotopic (exact) mass is 544 g/mol. The number of hydrogen-bond acceptors (Lipinski definition) is 8. The van der Waals surface area contributed by atoms with Gasteiger partial charge in [0.25, 0.3) is 5.91 Å². The van der Waals surface area contributed by atoms with Crippen LogP contribution in [0.1, 0.15) is 44.5 Å². The van der Waals surface area contributed by atoms with Crippen molar-refractivity contribution in [1.29, 1.82) is 5.41 Å². The molecule has 13 heteroatoms. The average Bonchev–Trinajstić information content (AvgIpc) is 3.45. The number of amidine groups is 2. The molecule has 5 rings (SSSR count). The maximum Gasteiger partial charge on any atom is 0.285 e. The van der Waals surface area contributed by atoms with Crippen LogP contribution in [0.4, 0.5) is 0 Å². The summed E-state index contributed by atoms with van der Waals surface area (Å²) in [6, 6.07) is 8.42. The highest BCUT2D eigenvalue weighted by atomic mass is 16.5. The van der Waals surface area contributed by atoms with Gasteiger partial charge in [0.15, 0.2) is 17.4 Å². The predicted octanol–water partition coefficient (Wildman–Crippen LogP) is 1.15. The summed E-state index contributed by atoms with van der Waals surface area (Å²) in [5, 5.41) is 23.7. The zero-order valence-corrected chi connectivity index (χ0v) is 22.5. The molecule has 1 aliphatic rings. The van der Waals surface area contributed by atoms with E-state index in [0.717, 1.165) is 38.4 Å². The minimum absolute atomic E-state index is 0.0279. The number of amides is 1. The second-order valence-corrected chi connectivity index (χ2v) is 9.74. The zero-order chi connectivity index (χ0) is 28.4. The van der Waals surface area contributed by atoms with E-state index in [1.165, 1.54) is 16.2 Å². The van der Waals surface area contributed by atoms with Crippen molar-refractivity contribution in [1.82, 2.24) is 29.0 Å². The standard InChI is InChI=1S/C27H32N10O3/c1-16-14-36-20(13-31-16)21(32-27(36)26(30)39)24(28)33-25(29)22-23(38)17(2)34-37(22)8-7-18-3-5-19(6-4-18)15-35-9-11-40-12-10-35/h3-6,13-14,38H,7-12,15H2,1-2H3,(H2,30,39)(H3,28,29,33). The first-order valence-electron chi connectivity index (χ1n) is 12.9. The Morgan fingerprint density at radius 3 is 2.55 bits per heavy atom. The summed E-state index contributed by atoms with van der Waals surface area (Å²) in [5.41, 5.74) is 15.8. The van der Waals surface area contributed by atoms with Crippen molar-refractivity contribution >= 4 is 23.1 Å². The third-order valence-electron chi connectivity index (χ3n) is 6.81. The molecule has 0 saturated carbocycles. The first-order valence-corrected chi connectivity index (χ1v) is 12.9. The minimum atomic E-state index is -0.741. The lowest BCUT2D eigenvalue weighted by Crippen LogP contribution is -2.35. The number of rotatable bonds is 8. The van der Waals surface area contributed by atoms with Gasteiger partial charge in [-0.2, -0.15) is 5.10 Å². The van der Waals surface area contributed by atoms with Gasteiger partial charge >= 0.3 is 0 Å². The van der Waals surface area contributed by atoms with E-state index in [1.807, 2.05) is 0 Å². The van der Waals surface area contributed by atoms with Gasteiger partial charge in [-0.25, -0.2) is 9.98 Å². The quantitative estimate of drug-likeness (QED) is 0.188. The highest BCUT2D eigenvalue weighted by Crippen LogP contribution is 2.23. The lowest BCUT2D eigenvalue weighted by molar-refractivity contribution is 0.0342. The van der Waals surface area contributed by atoms with Crippen molar-refractivity contribution in [2.45, 2.75) is 33.4 Å². The molecule has 4 aromatic rings. The smallest absolute Gasteiger partial charge is 0.285 e. The van der Waals surface area contributed by atoms with E-state index in [2.05, 4.69) is 49.2 Å². The Hall–Kier alpha value is -4.62. The highest BCUT2D eigenvalue weighted by Gasteiger charge is 2.22. The molecule has 1 saturated heterocycles. The number of aryl methyl sites for hydroxylation is 4. The molecular formula is C27H32N10O3. The number of imidazole rings is 1. The van der Waals surface area contributed by atoms with Crippen LogP contribution in [0.5, 0.6) is 5.75 Å². The fourth-order valence-electron chi connectivity index (χ4n) is 4.70. The third kappa shape index (κ3) is 5.55. The summed E-state index contributed by atoms with van der Waals surface area (Å²) in [4.78, 5) is 27.0. The number of nitrogens with zero attached hydrogens (tertiary/aromatic N) is 7. The van der Waals surface area contributed by atoms with Crippen molar-refractivity contribution in [2.75, 3.05) is 26.3 Å². The number of nitrogens with one attached hydrogen (secondary N) is 1. The van der Waals surface area contributed by atoms with Crippen LogP contribution in [0.25, 0.3) is 5.52 Å². The number of aliphatic imine (C=N–C) groups is 1. The molecule has 208 valence electrons. The van der Waals surface area contributed by atoms with Crippen LogP contribution in [0.3, 0.4) is 0 Å². The van der Waals surface area contributed by atoms with Crippen LogP contribution in [0, 0.1) is 19.3 Å². The van der Waals surface area contributed by atoms with Crippen LogP contribution in [-0.2, 0) is 24.2 Å². The van der Waals surface area contributed by atoms with Crippen molar-refractivity contribution in [3.63, 3.8) is 0 Å². The van der Waals surface area contributed by atoms with Crippen LogP contribution < -0.4 is 11.5 Å². The second-order valence-electron chi connectivity index (χ2n) is 9.74. The van der Waals surface area contributed by atoms with Crippen LogP contribution >= 0.6 is 0 Å². The normalized spacial score (nSPS) is 14.6. The number of fused-ring (bicyclic) bond motifs is 1. The number of carbonyl (C=O) groups excluding carboxylic acids is 1. The lowest BCUT2D eigenvalue weighted by atomic mass is 10.1. The van der Waals surface area contributed by atoms with E-state index in [-0.39, 0.29) is 34.6 Å². The van der Waals surface area contributed by atoms with Crippen LogP contribution in [0.15, 0.2) is 41.7 Å². The Balaban J connectivity index is 1.34. The number of aromatic nitrogens is 5. The molecule has 1 aromatic carbocycles.